The van der Waals surface area contributed by atoms with E-state index in [9.17, 15) is 0 Å². The second kappa shape index (κ2) is 3.39. The van der Waals surface area contributed by atoms with Gasteiger partial charge in [0.15, 0.2) is 0 Å². The van der Waals surface area contributed by atoms with Crippen LogP contribution in [0.3, 0.4) is 0 Å². The third-order valence-electron chi connectivity index (χ3n) is 3.40. The van der Waals surface area contributed by atoms with Crippen LogP contribution in [0, 0.1) is 0 Å². The van der Waals surface area contributed by atoms with Crippen molar-refractivity contribution >= 4 is 0 Å². The quantitative estimate of drug-likeness (QED) is 0.760. The van der Waals surface area contributed by atoms with Crippen molar-refractivity contribution in [1.29, 1.82) is 0 Å². The molecular formula is C13H19N. The van der Waals surface area contributed by atoms with Crippen molar-refractivity contribution in [3.63, 3.8) is 0 Å². The zero-order valence-electron chi connectivity index (χ0n) is 9.09. The predicted molar refractivity (Wildman–Crippen MR) is 60.2 cm³/mol. The molecule has 0 spiro atoms. The summed E-state index contributed by atoms with van der Waals surface area (Å²) < 4.78 is 0. The Balaban J connectivity index is 2.21. The van der Waals surface area contributed by atoms with Gasteiger partial charge < -0.3 is 5.73 Å². The van der Waals surface area contributed by atoms with Gasteiger partial charge in [-0.3, -0.25) is 0 Å². The van der Waals surface area contributed by atoms with Gasteiger partial charge in [0.2, 0.25) is 0 Å². The van der Waals surface area contributed by atoms with E-state index < -0.39 is 0 Å². The molecule has 2 N–H and O–H groups in total. The third kappa shape index (κ3) is 1.57. The van der Waals surface area contributed by atoms with Crippen molar-refractivity contribution < 1.29 is 0 Å². The van der Waals surface area contributed by atoms with Gasteiger partial charge in [-0.15, -0.1) is 0 Å². The Morgan fingerprint density at radius 1 is 1.14 bits per heavy atom. The molecule has 0 aromatic heterocycles. The summed E-state index contributed by atoms with van der Waals surface area (Å²) in [6, 6.07) is 8.84. The first kappa shape index (κ1) is 9.72. The SMILES string of the molecule is CC(C)c1ccc(C2(N)CCC2)cc1. The number of hydrogen-bond acceptors (Lipinski definition) is 1. The molecule has 1 aliphatic rings. The molecule has 0 amide bonds. The monoisotopic (exact) mass is 189 g/mol. The lowest BCUT2D eigenvalue weighted by atomic mass is 9.72. The van der Waals surface area contributed by atoms with Crippen molar-refractivity contribution in [2.75, 3.05) is 0 Å². The van der Waals surface area contributed by atoms with Crippen LogP contribution in [0.25, 0.3) is 0 Å². The molecule has 2 rings (SSSR count). The fourth-order valence-electron chi connectivity index (χ4n) is 2.05. The van der Waals surface area contributed by atoms with Crippen LogP contribution in [0.15, 0.2) is 24.3 Å². The van der Waals surface area contributed by atoms with Crippen molar-refractivity contribution in [3.05, 3.63) is 35.4 Å². The summed E-state index contributed by atoms with van der Waals surface area (Å²) in [7, 11) is 0. The van der Waals surface area contributed by atoms with Gasteiger partial charge in [0.1, 0.15) is 0 Å². The number of hydrogen-bond donors (Lipinski definition) is 1. The van der Waals surface area contributed by atoms with Gasteiger partial charge in [-0.25, -0.2) is 0 Å². The Labute approximate surface area is 86.3 Å². The maximum absolute atomic E-state index is 6.25. The Morgan fingerprint density at radius 3 is 2.07 bits per heavy atom. The van der Waals surface area contributed by atoms with Crippen molar-refractivity contribution in [2.45, 2.75) is 44.6 Å². The molecular weight excluding hydrogens is 170 g/mol. The Hall–Kier alpha value is -0.820. The first-order valence-electron chi connectivity index (χ1n) is 5.51. The zero-order valence-corrected chi connectivity index (χ0v) is 9.09. The fourth-order valence-corrected chi connectivity index (χ4v) is 2.05. The summed E-state index contributed by atoms with van der Waals surface area (Å²) in [5, 5.41) is 0. The molecule has 0 saturated heterocycles. The first-order chi connectivity index (χ1) is 6.62. The highest BCUT2D eigenvalue weighted by atomic mass is 14.8. The lowest BCUT2D eigenvalue weighted by Gasteiger charge is -2.38. The van der Waals surface area contributed by atoms with Crippen LogP contribution in [0.4, 0.5) is 0 Å². The molecule has 1 nitrogen and oxygen atoms in total. The Morgan fingerprint density at radius 2 is 1.71 bits per heavy atom. The van der Waals surface area contributed by atoms with Crippen molar-refractivity contribution in [1.82, 2.24) is 0 Å². The molecule has 1 heteroatoms. The van der Waals surface area contributed by atoms with E-state index in [0.29, 0.717) is 5.92 Å². The van der Waals surface area contributed by atoms with E-state index in [1.54, 1.807) is 0 Å². The normalized spacial score (nSPS) is 19.4. The van der Waals surface area contributed by atoms with Crippen LogP contribution < -0.4 is 5.73 Å². The van der Waals surface area contributed by atoms with E-state index in [2.05, 4.69) is 38.1 Å². The van der Waals surface area contributed by atoms with Gasteiger partial charge in [-0.1, -0.05) is 38.1 Å². The van der Waals surface area contributed by atoms with E-state index >= 15 is 0 Å². The standard InChI is InChI=1S/C13H19N/c1-10(2)11-4-6-12(7-5-11)13(14)8-3-9-13/h4-7,10H,3,8-9,14H2,1-2H3. The number of benzene rings is 1. The van der Waals surface area contributed by atoms with Gasteiger partial charge in [0.05, 0.1) is 0 Å². The minimum absolute atomic E-state index is 0.00445. The van der Waals surface area contributed by atoms with Gasteiger partial charge in [-0.2, -0.15) is 0 Å². The lowest BCUT2D eigenvalue weighted by Crippen LogP contribution is -2.43. The van der Waals surface area contributed by atoms with E-state index in [-0.39, 0.29) is 5.54 Å². The van der Waals surface area contributed by atoms with Gasteiger partial charge >= 0.3 is 0 Å². The van der Waals surface area contributed by atoms with Crippen LogP contribution in [0.5, 0.6) is 0 Å². The molecule has 0 bridgehead atoms. The molecule has 1 aliphatic carbocycles. The first-order valence-corrected chi connectivity index (χ1v) is 5.51. The maximum Gasteiger partial charge on any atom is 0.0409 e. The second-order valence-corrected chi connectivity index (χ2v) is 4.79. The fraction of sp³-hybridized carbons (Fsp3) is 0.538. The van der Waals surface area contributed by atoms with E-state index in [1.807, 2.05) is 0 Å². The van der Waals surface area contributed by atoms with Crippen LogP contribution in [0.2, 0.25) is 0 Å². The molecule has 76 valence electrons. The van der Waals surface area contributed by atoms with Crippen LogP contribution >= 0.6 is 0 Å². The van der Waals surface area contributed by atoms with Gasteiger partial charge in [0.25, 0.3) is 0 Å². The molecule has 0 unspecified atom stereocenters. The smallest absolute Gasteiger partial charge is 0.0409 e. The minimum atomic E-state index is -0.00445. The Kier molecular flexibility index (Phi) is 2.36. The molecule has 0 heterocycles. The highest BCUT2D eigenvalue weighted by Crippen LogP contribution is 2.38. The van der Waals surface area contributed by atoms with Crippen molar-refractivity contribution in [2.24, 2.45) is 5.73 Å². The number of nitrogens with two attached hydrogens (primary N) is 1. The Bertz CT molecular complexity index is 307. The van der Waals surface area contributed by atoms with Crippen LogP contribution in [-0.4, -0.2) is 0 Å². The maximum atomic E-state index is 6.25. The summed E-state index contributed by atoms with van der Waals surface area (Å²) in [6.07, 6.45) is 3.57. The number of rotatable bonds is 2. The molecule has 1 aromatic rings. The zero-order chi connectivity index (χ0) is 10.2. The summed E-state index contributed by atoms with van der Waals surface area (Å²) >= 11 is 0. The molecule has 1 saturated carbocycles. The van der Waals surface area contributed by atoms with Gasteiger partial charge in [0, 0.05) is 5.54 Å². The topological polar surface area (TPSA) is 26.0 Å². The molecule has 1 aromatic carbocycles. The van der Waals surface area contributed by atoms with E-state index in [0.717, 1.165) is 12.8 Å². The molecule has 0 radical (unpaired) electrons. The predicted octanol–water partition coefficient (Wildman–Crippen LogP) is 3.15. The molecule has 0 aliphatic heterocycles. The van der Waals surface area contributed by atoms with Crippen LogP contribution in [0.1, 0.15) is 50.2 Å². The van der Waals surface area contributed by atoms with Crippen molar-refractivity contribution in [3.8, 4) is 0 Å². The largest absolute Gasteiger partial charge is 0.321 e. The average Bonchev–Trinajstić information content (AvgIpc) is 2.14. The van der Waals surface area contributed by atoms with Crippen LogP contribution in [-0.2, 0) is 5.54 Å². The highest BCUT2D eigenvalue weighted by molar-refractivity contribution is 5.31. The minimum Gasteiger partial charge on any atom is -0.321 e. The molecule has 14 heavy (non-hydrogen) atoms. The highest BCUT2D eigenvalue weighted by Gasteiger charge is 2.33. The second-order valence-electron chi connectivity index (χ2n) is 4.79. The molecule has 0 atom stereocenters. The summed E-state index contributed by atoms with van der Waals surface area (Å²) in [5.74, 6) is 0.610. The average molecular weight is 189 g/mol. The van der Waals surface area contributed by atoms with Gasteiger partial charge in [-0.05, 0) is 36.3 Å². The third-order valence-corrected chi connectivity index (χ3v) is 3.40. The van der Waals surface area contributed by atoms with E-state index in [1.165, 1.54) is 17.5 Å². The summed E-state index contributed by atoms with van der Waals surface area (Å²) in [4.78, 5) is 0. The summed E-state index contributed by atoms with van der Waals surface area (Å²) in [6.45, 7) is 4.44. The lowest BCUT2D eigenvalue weighted by molar-refractivity contribution is 0.253. The molecule has 1 fully saturated rings. The van der Waals surface area contributed by atoms with E-state index in [4.69, 9.17) is 5.73 Å². The summed E-state index contributed by atoms with van der Waals surface area (Å²) in [5.41, 5.74) is 8.96.